The molecule has 4 aromatic rings. The summed E-state index contributed by atoms with van der Waals surface area (Å²) in [4.78, 5) is 14.8. The molecule has 0 bridgehead atoms. The number of halogens is 1. The molecule has 0 atom stereocenters. The van der Waals surface area contributed by atoms with Gasteiger partial charge < -0.3 is 14.8 Å². The Hall–Kier alpha value is -2.98. The van der Waals surface area contributed by atoms with E-state index in [4.69, 9.17) is 0 Å². The van der Waals surface area contributed by atoms with Crippen LogP contribution in [0.25, 0.3) is 21.8 Å². The molecule has 4 nitrogen and oxygen atoms in total. The number of carbonyl (C=O) groups is 1. The lowest BCUT2D eigenvalue weighted by molar-refractivity contribution is 0.102. The van der Waals surface area contributed by atoms with Crippen molar-refractivity contribution in [3.05, 3.63) is 72.3 Å². The summed E-state index contributed by atoms with van der Waals surface area (Å²) in [5.41, 5.74) is 4.78. The molecule has 3 aromatic carbocycles. The highest BCUT2D eigenvalue weighted by molar-refractivity contribution is 6.12. The first-order valence-corrected chi connectivity index (χ1v) is 9.19. The number of amides is 1. The summed E-state index contributed by atoms with van der Waals surface area (Å²) in [5, 5.41) is 5.43. The Kier molecular flexibility index (Phi) is 5.61. The number of nitrogens with zero attached hydrogens (tertiary/aromatic N) is 2. The van der Waals surface area contributed by atoms with E-state index in [9.17, 15) is 4.79 Å². The van der Waals surface area contributed by atoms with Crippen LogP contribution in [-0.4, -0.2) is 24.6 Å². The van der Waals surface area contributed by atoms with Gasteiger partial charge in [-0.15, -0.1) is 12.4 Å². The van der Waals surface area contributed by atoms with Crippen molar-refractivity contribution in [1.82, 2.24) is 4.57 Å². The molecular formula is C23H24ClN3O. The summed E-state index contributed by atoms with van der Waals surface area (Å²) in [6, 6.07) is 22.2. The highest BCUT2D eigenvalue weighted by Gasteiger charge is 2.14. The number of anilines is 2. The third-order valence-corrected chi connectivity index (χ3v) is 4.98. The molecule has 0 aliphatic rings. The van der Waals surface area contributed by atoms with Crippen LogP contribution < -0.4 is 10.2 Å². The van der Waals surface area contributed by atoms with Crippen LogP contribution in [0.2, 0.25) is 0 Å². The first-order chi connectivity index (χ1) is 13.1. The smallest absolute Gasteiger partial charge is 0.257 e. The monoisotopic (exact) mass is 393 g/mol. The van der Waals surface area contributed by atoms with Crippen LogP contribution in [0.5, 0.6) is 0 Å². The van der Waals surface area contributed by atoms with Crippen molar-refractivity contribution >= 4 is 51.5 Å². The summed E-state index contributed by atoms with van der Waals surface area (Å²) in [7, 11) is 3.88. The normalized spacial score (nSPS) is 10.7. The van der Waals surface area contributed by atoms with Gasteiger partial charge in [0.1, 0.15) is 0 Å². The summed E-state index contributed by atoms with van der Waals surface area (Å²) in [6.45, 7) is 3.06. The molecule has 0 aliphatic carbocycles. The van der Waals surface area contributed by atoms with Gasteiger partial charge in [-0.2, -0.15) is 0 Å². The quantitative estimate of drug-likeness (QED) is 0.493. The third kappa shape index (κ3) is 3.32. The topological polar surface area (TPSA) is 37.3 Å². The van der Waals surface area contributed by atoms with E-state index in [1.807, 2.05) is 49.3 Å². The maximum atomic E-state index is 12.9. The SMILES string of the molecule is CCn1c2ccccc2c2cc(NC(=O)c3ccccc3N(C)C)ccc21.Cl. The number of fused-ring (bicyclic) bond motifs is 3. The highest BCUT2D eigenvalue weighted by atomic mass is 35.5. The summed E-state index contributed by atoms with van der Waals surface area (Å²) in [6.07, 6.45) is 0. The van der Waals surface area contributed by atoms with Crippen LogP contribution in [-0.2, 0) is 6.54 Å². The Labute approximate surface area is 171 Å². The molecule has 0 spiro atoms. The van der Waals surface area contributed by atoms with Crippen molar-refractivity contribution in [2.45, 2.75) is 13.5 Å². The van der Waals surface area contributed by atoms with Crippen LogP contribution in [0.1, 0.15) is 17.3 Å². The number of nitrogens with one attached hydrogen (secondary N) is 1. The highest BCUT2D eigenvalue weighted by Crippen LogP contribution is 2.31. The maximum absolute atomic E-state index is 12.9. The molecule has 0 aliphatic heterocycles. The van der Waals surface area contributed by atoms with Gasteiger partial charge >= 0.3 is 0 Å². The Balaban J connectivity index is 0.00000225. The Morgan fingerprint density at radius 1 is 0.929 bits per heavy atom. The van der Waals surface area contributed by atoms with Crippen molar-refractivity contribution in [3.63, 3.8) is 0 Å². The lowest BCUT2D eigenvalue weighted by Crippen LogP contribution is -2.18. The number of hydrogen-bond acceptors (Lipinski definition) is 2. The van der Waals surface area contributed by atoms with E-state index in [0.29, 0.717) is 5.56 Å². The number of benzene rings is 3. The number of para-hydroxylation sites is 2. The van der Waals surface area contributed by atoms with Gasteiger partial charge in [0.05, 0.1) is 5.56 Å². The van der Waals surface area contributed by atoms with Crippen LogP contribution in [0.4, 0.5) is 11.4 Å². The Bertz CT molecular complexity index is 1150. The van der Waals surface area contributed by atoms with Crippen LogP contribution in [0.3, 0.4) is 0 Å². The standard InChI is InChI=1S/C23H23N3O.ClH/c1-4-26-21-12-8-5-9-17(21)19-15-16(13-14-22(19)26)24-23(27)18-10-6-7-11-20(18)25(2)3;/h5-15H,4H2,1-3H3,(H,24,27);1H. The number of hydrogen-bond donors (Lipinski definition) is 1. The predicted octanol–water partition coefficient (Wildman–Crippen LogP) is 5.55. The molecule has 0 saturated carbocycles. The van der Waals surface area contributed by atoms with E-state index < -0.39 is 0 Å². The molecule has 144 valence electrons. The molecule has 4 rings (SSSR count). The van der Waals surface area contributed by atoms with E-state index in [0.717, 1.165) is 23.3 Å². The van der Waals surface area contributed by atoms with Crippen molar-refractivity contribution in [2.24, 2.45) is 0 Å². The van der Waals surface area contributed by atoms with E-state index in [1.165, 1.54) is 16.4 Å². The van der Waals surface area contributed by atoms with Crippen molar-refractivity contribution in [1.29, 1.82) is 0 Å². The minimum absolute atomic E-state index is 0. The van der Waals surface area contributed by atoms with Crippen LogP contribution in [0, 0.1) is 0 Å². The molecule has 1 amide bonds. The lowest BCUT2D eigenvalue weighted by atomic mass is 10.1. The van der Waals surface area contributed by atoms with Crippen LogP contribution in [0.15, 0.2) is 66.7 Å². The molecule has 1 aromatic heterocycles. The van der Waals surface area contributed by atoms with Crippen molar-refractivity contribution < 1.29 is 4.79 Å². The minimum atomic E-state index is -0.0992. The van der Waals surface area contributed by atoms with Gasteiger partial charge in [0.2, 0.25) is 0 Å². The summed E-state index contributed by atoms with van der Waals surface area (Å²) >= 11 is 0. The molecular weight excluding hydrogens is 370 g/mol. The van der Waals surface area contributed by atoms with E-state index in [-0.39, 0.29) is 18.3 Å². The molecule has 28 heavy (non-hydrogen) atoms. The number of rotatable bonds is 4. The van der Waals surface area contributed by atoms with Gasteiger partial charge in [-0.1, -0.05) is 30.3 Å². The second-order valence-electron chi connectivity index (χ2n) is 6.86. The van der Waals surface area contributed by atoms with Gasteiger partial charge in [0.25, 0.3) is 5.91 Å². The number of aryl methyl sites for hydroxylation is 1. The van der Waals surface area contributed by atoms with Crippen LogP contribution >= 0.6 is 12.4 Å². The summed E-state index contributed by atoms with van der Waals surface area (Å²) in [5.74, 6) is -0.0992. The number of aromatic nitrogens is 1. The van der Waals surface area contributed by atoms with Crippen molar-refractivity contribution in [2.75, 3.05) is 24.3 Å². The Morgan fingerprint density at radius 2 is 1.61 bits per heavy atom. The van der Waals surface area contributed by atoms with Gasteiger partial charge in [0, 0.05) is 53.8 Å². The fourth-order valence-corrected chi connectivity index (χ4v) is 3.73. The molecule has 1 heterocycles. The first kappa shape index (κ1) is 19.8. The third-order valence-electron chi connectivity index (χ3n) is 4.98. The minimum Gasteiger partial charge on any atom is -0.377 e. The molecule has 0 radical (unpaired) electrons. The fourth-order valence-electron chi connectivity index (χ4n) is 3.73. The van der Waals surface area contributed by atoms with Crippen molar-refractivity contribution in [3.8, 4) is 0 Å². The fraction of sp³-hybridized carbons (Fsp3) is 0.174. The largest absolute Gasteiger partial charge is 0.377 e. The van der Waals surface area contributed by atoms with Gasteiger partial charge in [-0.05, 0) is 43.3 Å². The summed E-state index contributed by atoms with van der Waals surface area (Å²) < 4.78 is 2.30. The molecule has 0 unspecified atom stereocenters. The molecule has 0 fully saturated rings. The van der Waals surface area contributed by atoms with E-state index >= 15 is 0 Å². The maximum Gasteiger partial charge on any atom is 0.257 e. The average Bonchev–Trinajstić information content (AvgIpc) is 3.01. The lowest BCUT2D eigenvalue weighted by Gasteiger charge is -2.17. The van der Waals surface area contributed by atoms with E-state index in [2.05, 4.69) is 53.2 Å². The zero-order valence-electron chi connectivity index (χ0n) is 16.3. The average molecular weight is 394 g/mol. The predicted molar refractivity (Wildman–Crippen MR) is 121 cm³/mol. The Morgan fingerprint density at radius 3 is 2.36 bits per heavy atom. The van der Waals surface area contributed by atoms with Gasteiger partial charge in [-0.3, -0.25) is 4.79 Å². The second kappa shape index (κ2) is 7.95. The van der Waals surface area contributed by atoms with Gasteiger partial charge in [0.15, 0.2) is 0 Å². The molecule has 0 saturated heterocycles. The van der Waals surface area contributed by atoms with E-state index in [1.54, 1.807) is 0 Å². The first-order valence-electron chi connectivity index (χ1n) is 9.19. The second-order valence-corrected chi connectivity index (χ2v) is 6.86. The van der Waals surface area contributed by atoms with Gasteiger partial charge in [-0.25, -0.2) is 0 Å². The molecule has 5 heteroatoms. The molecule has 1 N–H and O–H groups in total. The number of carbonyl (C=O) groups excluding carboxylic acids is 1. The zero-order valence-corrected chi connectivity index (χ0v) is 17.1. The zero-order chi connectivity index (χ0) is 19.0.